The molecule has 1 atom stereocenters. The molecule has 3 heterocycles. The smallest absolute Gasteiger partial charge is 0.283 e. The number of carbonyl (C=O) groups is 2. The molecule has 180 valence electrons. The number of rotatable bonds is 6. The van der Waals surface area contributed by atoms with Crippen molar-refractivity contribution in [1.29, 1.82) is 0 Å². The van der Waals surface area contributed by atoms with Crippen molar-refractivity contribution in [1.82, 2.24) is 14.6 Å². The predicted octanol–water partition coefficient (Wildman–Crippen LogP) is 3.47. The van der Waals surface area contributed by atoms with Gasteiger partial charge in [0.1, 0.15) is 10.5 Å². The van der Waals surface area contributed by atoms with Crippen molar-refractivity contribution >= 4 is 56.5 Å². The van der Waals surface area contributed by atoms with Crippen LogP contribution in [-0.2, 0) is 29.0 Å². The lowest BCUT2D eigenvalue weighted by Crippen LogP contribution is -2.38. The molecular formula is C25H25N5O3S2. The molecule has 1 aliphatic carbocycles. The highest BCUT2D eigenvalue weighted by Crippen LogP contribution is 2.35. The summed E-state index contributed by atoms with van der Waals surface area (Å²) in [6.07, 6.45) is 4.61. The topological polar surface area (TPSA) is 87.9 Å². The first-order chi connectivity index (χ1) is 16.9. The Morgan fingerprint density at radius 2 is 2.06 bits per heavy atom. The molecule has 1 unspecified atom stereocenters. The van der Waals surface area contributed by atoms with Gasteiger partial charge in [0, 0.05) is 18.5 Å². The number of hydrazine groups is 1. The molecule has 0 spiro atoms. The van der Waals surface area contributed by atoms with Gasteiger partial charge in [-0.2, -0.15) is 0 Å². The number of nitrogens with zero attached hydrogens (tertiary/aromatic N) is 5. The van der Waals surface area contributed by atoms with Crippen LogP contribution < -0.4 is 10.6 Å². The molecule has 1 aliphatic heterocycles. The number of carbonyl (C=O) groups excluding carboxylic acids is 2. The molecule has 0 bridgehead atoms. The Morgan fingerprint density at radius 1 is 1.29 bits per heavy atom. The van der Waals surface area contributed by atoms with Crippen molar-refractivity contribution in [2.75, 3.05) is 17.8 Å². The summed E-state index contributed by atoms with van der Waals surface area (Å²) >= 11 is 2.73. The number of thioether (sulfide) groups is 1. The molecule has 5 rings (SSSR count). The number of hydrogen-bond acceptors (Lipinski definition) is 7. The number of fused-ring (bicyclic) bond motifs is 3. The van der Waals surface area contributed by atoms with E-state index in [1.165, 1.54) is 9.89 Å². The minimum atomic E-state index is -0.443. The lowest BCUT2D eigenvalue weighted by Gasteiger charge is -2.25. The van der Waals surface area contributed by atoms with Crippen LogP contribution in [0.5, 0.6) is 0 Å². The highest BCUT2D eigenvalue weighted by atomic mass is 32.2. The van der Waals surface area contributed by atoms with Crippen molar-refractivity contribution in [2.45, 2.75) is 43.9 Å². The number of amides is 2. The van der Waals surface area contributed by atoms with Crippen LogP contribution in [0, 0.1) is 0 Å². The number of aryl methyl sites for hydroxylation is 2. The van der Waals surface area contributed by atoms with Gasteiger partial charge in [-0.15, -0.1) is 17.9 Å². The summed E-state index contributed by atoms with van der Waals surface area (Å²) in [4.78, 5) is 50.0. The number of thiophene rings is 1. The first-order valence-corrected chi connectivity index (χ1v) is 13.2. The van der Waals surface area contributed by atoms with Crippen LogP contribution >= 0.6 is 23.1 Å². The molecule has 2 aliphatic rings. The van der Waals surface area contributed by atoms with Crippen molar-refractivity contribution in [2.24, 2.45) is 4.99 Å². The maximum atomic E-state index is 13.3. The zero-order valence-corrected chi connectivity index (χ0v) is 21.2. The van der Waals surface area contributed by atoms with Crippen LogP contribution in [0.25, 0.3) is 10.2 Å². The predicted molar refractivity (Wildman–Crippen MR) is 140 cm³/mol. The molecule has 8 nitrogen and oxygen atoms in total. The molecule has 1 saturated heterocycles. The minimum absolute atomic E-state index is 0.0290. The Morgan fingerprint density at radius 3 is 2.80 bits per heavy atom. The minimum Gasteiger partial charge on any atom is -0.283 e. The fraction of sp³-hybridized carbons (Fsp3) is 0.320. The summed E-state index contributed by atoms with van der Waals surface area (Å²) in [5, 5.41) is 4.46. The first kappa shape index (κ1) is 23.7. The lowest BCUT2D eigenvalue weighted by molar-refractivity contribution is -0.116. The van der Waals surface area contributed by atoms with Gasteiger partial charge in [0.15, 0.2) is 5.16 Å². The monoisotopic (exact) mass is 507 g/mol. The molecule has 35 heavy (non-hydrogen) atoms. The fourth-order valence-corrected chi connectivity index (χ4v) is 6.64. The average molecular weight is 508 g/mol. The Kier molecular flexibility index (Phi) is 6.43. The zero-order chi connectivity index (χ0) is 24.7. The summed E-state index contributed by atoms with van der Waals surface area (Å²) in [5.74, 6) is -0.791. The number of benzene rings is 1. The van der Waals surface area contributed by atoms with Crippen LogP contribution in [0.3, 0.4) is 0 Å². The van der Waals surface area contributed by atoms with E-state index in [0.29, 0.717) is 22.8 Å². The summed E-state index contributed by atoms with van der Waals surface area (Å²) in [6.45, 7) is 5.92. The normalized spacial score (nSPS) is 19.1. The van der Waals surface area contributed by atoms with Gasteiger partial charge >= 0.3 is 0 Å². The zero-order valence-electron chi connectivity index (χ0n) is 19.6. The third-order valence-corrected chi connectivity index (χ3v) is 8.50. The molecule has 2 amide bonds. The largest absolute Gasteiger partial charge is 0.289 e. The molecule has 0 saturated carbocycles. The van der Waals surface area contributed by atoms with E-state index in [1.54, 1.807) is 34.0 Å². The van der Waals surface area contributed by atoms with E-state index >= 15 is 0 Å². The molecule has 1 aromatic carbocycles. The molecule has 0 radical (unpaired) electrons. The third-order valence-electron chi connectivity index (χ3n) is 6.36. The van der Waals surface area contributed by atoms with E-state index in [1.807, 2.05) is 37.3 Å². The van der Waals surface area contributed by atoms with Crippen LogP contribution in [0.4, 0.5) is 5.69 Å². The molecule has 2 aromatic heterocycles. The quantitative estimate of drug-likeness (QED) is 0.288. The summed E-state index contributed by atoms with van der Waals surface area (Å²) < 4.78 is 1.57. The van der Waals surface area contributed by atoms with Crippen molar-refractivity contribution < 1.29 is 9.59 Å². The van der Waals surface area contributed by atoms with Crippen molar-refractivity contribution in [3.8, 4) is 0 Å². The van der Waals surface area contributed by atoms with E-state index in [2.05, 4.69) is 11.6 Å². The Balaban J connectivity index is 1.39. The highest BCUT2D eigenvalue weighted by molar-refractivity contribution is 7.99. The van der Waals surface area contributed by atoms with Crippen LogP contribution in [0.15, 0.2) is 57.9 Å². The van der Waals surface area contributed by atoms with Gasteiger partial charge in [0.2, 0.25) is 0 Å². The van der Waals surface area contributed by atoms with Gasteiger partial charge in [0.25, 0.3) is 17.4 Å². The van der Waals surface area contributed by atoms with Crippen LogP contribution in [-0.4, -0.2) is 50.9 Å². The number of hydrogen-bond donors (Lipinski definition) is 0. The SMILES string of the molecule is C=CCn1c(SCC(=O)N=C2C(=O)N(c3ccccc3)N(C)C2C)nc2sc3c(c2c1=O)CCC3. The van der Waals surface area contributed by atoms with Crippen LogP contribution in [0.2, 0.25) is 0 Å². The summed E-state index contributed by atoms with van der Waals surface area (Å²) in [7, 11) is 1.79. The van der Waals surface area contributed by atoms with Gasteiger partial charge in [0.05, 0.1) is 22.9 Å². The van der Waals surface area contributed by atoms with Gasteiger partial charge in [-0.3, -0.25) is 19.0 Å². The van der Waals surface area contributed by atoms with E-state index < -0.39 is 5.91 Å². The summed E-state index contributed by atoms with van der Waals surface area (Å²) in [5.41, 5.74) is 1.95. The van der Waals surface area contributed by atoms with Gasteiger partial charge in [-0.05, 0) is 43.9 Å². The first-order valence-electron chi connectivity index (χ1n) is 11.4. The standard InChI is InChI=1S/C25H25N5O3S2/c1-4-13-29-23(32)20-17-11-8-12-18(17)35-22(20)27-25(29)34-14-19(31)26-21-15(2)28(3)30(24(21)33)16-9-6-5-7-10-16/h4-7,9-10,15H,1,8,11-14H2,2-3H3. The lowest BCUT2D eigenvalue weighted by atomic mass is 10.2. The maximum Gasteiger partial charge on any atom is 0.289 e. The number of para-hydroxylation sites is 1. The maximum absolute atomic E-state index is 13.3. The summed E-state index contributed by atoms with van der Waals surface area (Å²) in [6, 6.07) is 8.91. The van der Waals surface area contributed by atoms with Gasteiger partial charge < -0.3 is 0 Å². The number of allylic oxidation sites excluding steroid dienone is 1. The van der Waals surface area contributed by atoms with Crippen molar-refractivity contribution in [3.63, 3.8) is 0 Å². The van der Waals surface area contributed by atoms with E-state index in [9.17, 15) is 14.4 Å². The molecule has 10 heteroatoms. The molecular weight excluding hydrogens is 482 g/mol. The Hall–Kier alpha value is -3.08. The third kappa shape index (κ3) is 4.15. The van der Waals surface area contributed by atoms with E-state index in [4.69, 9.17) is 4.98 Å². The Labute approximate surface area is 210 Å². The van der Waals surface area contributed by atoms with E-state index in [-0.39, 0.29) is 29.0 Å². The second-order valence-corrected chi connectivity index (χ2v) is 10.5. The molecule has 0 N–H and O–H groups in total. The number of aliphatic imine (C=N–C) groups is 1. The molecule has 1 fully saturated rings. The number of aromatic nitrogens is 2. The van der Waals surface area contributed by atoms with E-state index in [0.717, 1.165) is 41.4 Å². The van der Waals surface area contributed by atoms with Gasteiger partial charge in [-0.1, -0.05) is 36.0 Å². The van der Waals surface area contributed by atoms with Crippen molar-refractivity contribution in [3.05, 3.63) is 63.8 Å². The second-order valence-electron chi connectivity index (χ2n) is 8.52. The Bertz CT molecular complexity index is 1430. The fourth-order valence-electron chi connectivity index (χ4n) is 4.54. The van der Waals surface area contributed by atoms with Gasteiger partial charge in [-0.25, -0.2) is 20.0 Å². The molecule has 3 aromatic rings. The van der Waals surface area contributed by atoms with Crippen LogP contribution in [0.1, 0.15) is 23.8 Å². The number of anilines is 1. The second kappa shape index (κ2) is 9.52. The average Bonchev–Trinajstić information content (AvgIpc) is 3.49. The highest BCUT2D eigenvalue weighted by Gasteiger charge is 2.40.